The summed E-state index contributed by atoms with van der Waals surface area (Å²) < 4.78 is 11.5. The van der Waals surface area contributed by atoms with Gasteiger partial charge in [0.15, 0.2) is 6.10 Å². The molecule has 1 atom stereocenters. The fourth-order valence-electron chi connectivity index (χ4n) is 3.23. The molecule has 2 aromatic carbocycles. The molecule has 0 saturated carbocycles. The van der Waals surface area contributed by atoms with E-state index in [0.29, 0.717) is 31.7 Å². The van der Waals surface area contributed by atoms with Crippen molar-refractivity contribution < 1.29 is 19.1 Å². The largest absolute Gasteiger partial charge is 0.492 e. The fraction of sp³-hybridized carbons (Fsp3) is 0.417. The minimum Gasteiger partial charge on any atom is -0.492 e. The smallest absolute Gasteiger partial charge is 0.260 e. The first-order chi connectivity index (χ1) is 14.2. The molecule has 0 aliphatic carbocycles. The molecule has 6 heteroatoms. The molecule has 0 fully saturated rings. The van der Waals surface area contributed by atoms with Crippen LogP contribution in [0.2, 0.25) is 0 Å². The Bertz CT molecular complexity index is 918. The predicted molar refractivity (Wildman–Crippen MR) is 117 cm³/mol. The van der Waals surface area contributed by atoms with Crippen molar-refractivity contribution in [2.45, 2.75) is 52.1 Å². The molecule has 0 saturated heterocycles. The molecule has 3 rings (SSSR count). The Balaban J connectivity index is 1.44. The highest BCUT2D eigenvalue weighted by atomic mass is 16.5. The Morgan fingerprint density at radius 3 is 2.70 bits per heavy atom. The number of carbonyl (C=O) groups excluding carboxylic acids is 2. The van der Waals surface area contributed by atoms with Gasteiger partial charge in [0.05, 0.1) is 6.54 Å². The number of ether oxygens (including phenoxy) is 2. The molecule has 1 aliphatic heterocycles. The third-order valence-corrected chi connectivity index (χ3v) is 5.02. The summed E-state index contributed by atoms with van der Waals surface area (Å²) in [5.74, 6) is 1.26. The average Bonchev–Trinajstić information content (AvgIpc) is 2.70. The van der Waals surface area contributed by atoms with Crippen molar-refractivity contribution in [3.63, 3.8) is 0 Å². The molecule has 0 bridgehead atoms. The molecule has 1 aliphatic rings. The van der Waals surface area contributed by atoms with Gasteiger partial charge in [0.25, 0.3) is 5.91 Å². The monoisotopic (exact) mass is 410 g/mol. The second kappa shape index (κ2) is 9.20. The van der Waals surface area contributed by atoms with Crippen LogP contribution in [0.4, 0.5) is 5.69 Å². The maximum atomic E-state index is 12.3. The lowest BCUT2D eigenvalue weighted by Crippen LogP contribution is -2.38. The van der Waals surface area contributed by atoms with E-state index >= 15 is 0 Å². The number of hydrogen-bond donors (Lipinski definition) is 2. The standard InChI is InChI=1S/C24H30N2O4/c1-16(30-20-7-5-6-18(15-20)24(2,3)4)23(28)25-12-13-29-19-9-10-21-17(14-19)8-11-22(27)26-21/h5-7,9-10,14-16H,8,11-13H2,1-4H3,(H,25,28)(H,26,27). The van der Waals surface area contributed by atoms with Crippen molar-refractivity contribution in [2.75, 3.05) is 18.5 Å². The van der Waals surface area contributed by atoms with Gasteiger partial charge in [-0.05, 0) is 60.2 Å². The quantitative estimate of drug-likeness (QED) is 0.680. The van der Waals surface area contributed by atoms with Crippen LogP contribution < -0.4 is 20.1 Å². The number of fused-ring (bicyclic) bond motifs is 1. The van der Waals surface area contributed by atoms with E-state index in [2.05, 4.69) is 37.5 Å². The van der Waals surface area contributed by atoms with Crippen LogP contribution in [0.3, 0.4) is 0 Å². The summed E-state index contributed by atoms with van der Waals surface area (Å²) in [5.41, 5.74) is 3.08. The number of carbonyl (C=O) groups is 2. The number of amides is 2. The van der Waals surface area contributed by atoms with Crippen LogP contribution in [-0.4, -0.2) is 31.1 Å². The fourth-order valence-corrected chi connectivity index (χ4v) is 3.23. The summed E-state index contributed by atoms with van der Waals surface area (Å²) in [6, 6.07) is 13.4. The minimum atomic E-state index is -0.604. The van der Waals surface area contributed by atoms with Gasteiger partial charge in [0.1, 0.15) is 18.1 Å². The third-order valence-electron chi connectivity index (χ3n) is 5.02. The van der Waals surface area contributed by atoms with Crippen molar-refractivity contribution in [3.8, 4) is 11.5 Å². The molecular weight excluding hydrogens is 380 g/mol. The van der Waals surface area contributed by atoms with Gasteiger partial charge >= 0.3 is 0 Å². The van der Waals surface area contributed by atoms with Gasteiger partial charge in [-0.2, -0.15) is 0 Å². The highest BCUT2D eigenvalue weighted by Gasteiger charge is 2.18. The molecule has 0 aromatic heterocycles. The highest BCUT2D eigenvalue weighted by Crippen LogP contribution is 2.27. The van der Waals surface area contributed by atoms with Gasteiger partial charge in [0, 0.05) is 12.1 Å². The number of rotatable bonds is 7. The SMILES string of the molecule is CC(Oc1cccc(C(C)(C)C)c1)C(=O)NCCOc1ccc2c(c1)CCC(=O)N2. The maximum Gasteiger partial charge on any atom is 0.260 e. The number of aryl methyl sites for hydroxylation is 1. The lowest BCUT2D eigenvalue weighted by atomic mass is 9.87. The van der Waals surface area contributed by atoms with Crippen molar-refractivity contribution >= 4 is 17.5 Å². The molecular formula is C24H30N2O4. The van der Waals surface area contributed by atoms with E-state index in [0.717, 1.165) is 22.6 Å². The Morgan fingerprint density at radius 2 is 1.93 bits per heavy atom. The summed E-state index contributed by atoms with van der Waals surface area (Å²) in [4.78, 5) is 23.8. The van der Waals surface area contributed by atoms with E-state index in [1.807, 2.05) is 36.4 Å². The van der Waals surface area contributed by atoms with E-state index in [9.17, 15) is 9.59 Å². The van der Waals surface area contributed by atoms with Crippen LogP contribution in [0.5, 0.6) is 11.5 Å². The lowest BCUT2D eigenvalue weighted by Gasteiger charge is -2.21. The van der Waals surface area contributed by atoms with Gasteiger partial charge in [-0.25, -0.2) is 0 Å². The Labute approximate surface area is 178 Å². The van der Waals surface area contributed by atoms with E-state index in [1.165, 1.54) is 0 Å². The summed E-state index contributed by atoms with van der Waals surface area (Å²) in [5, 5.41) is 5.69. The summed E-state index contributed by atoms with van der Waals surface area (Å²) in [6.45, 7) is 8.88. The Kier molecular flexibility index (Phi) is 6.65. The molecule has 2 N–H and O–H groups in total. The molecule has 6 nitrogen and oxygen atoms in total. The van der Waals surface area contributed by atoms with Gasteiger partial charge in [-0.15, -0.1) is 0 Å². The first-order valence-electron chi connectivity index (χ1n) is 10.3. The lowest BCUT2D eigenvalue weighted by molar-refractivity contribution is -0.127. The summed E-state index contributed by atoms with van der Waals surface area (Å²) in [6.07, 6.45) is 0.594. The number of benzene rings is 2. The first kappa shape index (κ1) is 21.7. The molecule has 0 spiro atoms. The number of anilines is 1. The van der Waals surface area contributed by atoms with Crippen LogP contribution in [0, 0.1) is 0 Å². The average molecular weight is 411 g/mol. The highest BCUT2D eigenvalue weighted by molar-refractivity contribution is 5.94. The molecule has 2 aromatic rings. The maximum absolute atomic E-state index is 12.3. The van der Waals surface area contributed by atoms with Crippen LogP contribution in [0.1, 0.15) is 45.2 Å². The van der Waals surface area contributed by atoms with Gasteiger partial charge in [0.2, 0.25) is 5.91 Å². The van der Waals surface area contributed by atoms with Gasteiger partial charge in [-0.1, -0.05) is 32.9 Å². The summed E-state index contributed by atoms with van der Waals surface area (Å²) >= 11 is 0. The van der Waals surface area contributed by atoms with E-state index in [1.54, 1.807) is 6.92 Å². The Hall–Kier alpha value is -3.02. The van der Waals surface area contributed by atoms with Crippen LogP contribution in [-0.2, 0) is 21.4 Å². The Morgan fingerprint density at radius 1 is 1.13 bits per heavy atom. The van der Waals surface area contributed by atoms with Crippen molar-refractivity contribution in [1.82, 2.24) is 5.32 Å². The van der Waals surface area contributed by atoms with Gasteiger partial charge < -0.3 is 20.1 Å². The molecule has 2 amide bonds. The summed E-state index contributed by atoms with van der Waals surface area (Å²) in [7, 11) is 0. The second-order valence-corrected chi connectivity index (χ2v) is 8.54. The first-order valence-corrected chi connectivity index (χ1v) is 10.3. The molecule has 1 heterocycles. The zero-order valence-electron chi connectivity index (χ0n) is 18.1. The van der Waals surface area contributed by atoms with E-state index < -0.39 is 6.10 Å². The normalized spacial score (nSPS) is 14.3. The van der Waals surface area contributed by atoms with Gasteiger partial charge in [-0.3, -0.25) is 9.59 Å². The van der Waals surface area contributed by atoms with Crippen LogP contribution in [0.15, 0.2) is 42.5 Å². The minimum absolute atomic E-state index is 0.0183. The molecule has 160 valence electrons. The zero-order valence-corrected chi connectivity index (χ0v) is 18.1. The van der Waals surface area contributed by atoms with Crippen LogP contribution >= 0.6 is 0 Å². The zero-order chi connectivity index (χ0) is 21.7. The molecule has 30 heavy (non-hydrogen) atoms. The number of nitrogens with one attached hydrogen (secondary N) is 2. The third kappa shape index (κ3) is 5.75. The van der Waals surface area contributed by atoms with E-state index in [4.69, 9.17) is 9.47 Å². The van der Waals surface area contributed by atoms with Crippen molar-refractivity contribution in [3.05, 3.63) is 53.6 Å². The van der Waals surface area contributed by atoms with Crippen molar-refractivity contribution in [2.24, 2.45) is 0 Å². The second-order valence-electron chi connectivity index (χ2n) is 8.54. The predicted octanol–water partition coefficient (Wildman–Crippen LogP) is 3.83. The van der Waals surface area contributed by atoms with E-state index in [-0.39, 0.29) is 17.2 Å². The topological polar surface area (TPSA) is 76.7 Å². The molecule has 1 unspecified atom stereocenters. The molecule has 0 radical (unpaired) electrons. The number of hydrogen-bond acceptors (Lipinski definition) is 4. The van der Waals surface area contributed by atoms with Crippen molar-refractivity contribution in [1.29, 1.82) is 0 Å². The van der Waals surface area contributed by atoms with Crippen LogP contribution in [0.25, 0.3) is 0 Å².